The molecule has 11 nitrogen and oxygen atoms in total. The minimum Gasteiger partial charge on any atom is -0.445 e. The van der Waals surface area contributed by atoms with Crippen LogP contribution in [0.2, 0.25) is 0 Å². The highest BCUT2D eigenvalue weighted by atomic mass is 32.2. The number of halogens is 3. The molecule has 0 radical (unpaired) electrons. The number of aryl methyl sites for hydroxylation is 1. The van der Waals surface area contributed by atoms with Crippen LogP contribution in [-0.4, -0.2) is 62.8 Å². The molecular weight excluding hydrogens is 603 g/mol. The number of alkyl halides is 3. The van der Waals surface area contributed by atoms with Crippen LogP contribution < -0.4 is 9.73 Å². The van der Waals surface area contributed by atoms with E-state index in [9.17, 15) is 21.6 Å². The second-order valence-electron chi connectivity index (χ2n) is 9.89. The summed E-state index contributed by atoms with van der Waals surface area (Å²) in [6.45, 7) is 3.33. The number of rotatable bonds is 12. The highest BCUT2D eigenvalue weighted by molar-refractivity contribution is 7.93. The fourth-order valence-electron chi connectivity index (χ4n) is 4.61. The number of hydrogen-bond acceptors (Lipinski definition) is 10. The van der Waals surface area contributed by atoms with Gasteiger partial charge in [-0.15, -0.1) is 0 Å². The Balaban J connectivity index is 1.58. The molecule has 44 heavy (non-hydrogen) atoms. The summed E-state index contributed by atoms with van der Waals surface area (Å²) in [5.74, 6) is 0.810. The van der Waals surface area contributed by atoms with E-state index in [0.717, 1.165) is 10.4 Å². The molecule has 0 spiro atoms. The second kappa shape index (κ2) is 12.8. The molecule has 1 unspecified atom stereocenters. The SMILES string of the molecule is COCCOCN(c1noc(C)c1C)S(=O)(=O)c1ccccc1-c1ccc(-c2ncco2)cc1CN1C=CC(C(F)(F)F)N1. The van der Waals surface area contributed by atoms with E-state index in [1.807, 2.05) is 0 Å². The van der Waals surface area contributed by atoms with Gasteiger partial charge in [0.2, 0.25) is 5.89 Å². The van der Waals surface area contributed by atoms with Crippen molar-refractivity contribution in [1.29, 1.82) is 0 Å². The first kappa shape index (κ1) is 31.3. The molecule has 0 aliphatic carbocycles. The van der Waals surface area contributed by atoms with Crippen molar-refractivity contribution in [2.75, 3.05) is 31.4 Å². The predicted molar refractivity (Wildman–Crippen MR) is 153 cm³/mol. The summed E-state index contributed by atoms with van der Waals surface area (Å²) in [4.78, 5) is 4.10. The lowest BCUT2D eigenvalue weighted by Crippen LogP contribution is -2.43. The topological polar surface area (TPSA) is 123 Å². The number of anilines is 1. The van der Waals surface area contributed by atoms with Crippen LogP contribution in [0.3, 0.4) is 0 Å². The minimum absolute atomic E-state index is 0.0349. The molecule has 4 aromatic rings. The highest BCUT2D eigenvalue weighted by Gasteiger charge is 2.41. The average molecular weight is 634 g/mol. The van der Waals surface area contributed by atoms with Gasteiger partial charge in [0, 0.05) is 30.0 Å². The van der Waals surface area contributed by atoms with Crippen molar-refractivity contribution < 1.29 is 40.0 Å². The van der Waals surface area contributed by atoms with Gasteiger partial charge in [-0.1, -0.05) is 29.4 Å². The van der Waals surface area contributed by atoms with Gasteiger partial charge in [-0.3, -0.25) is 0 Å². The molecule has 15 heteroatoms. The lowest BCUT2D eigenvalue weighted by molar-refractivity contribution is -0.149. The van der Waals surface area contributed by atoms with Crippen LogP contribution in [0.25, 0.3) is 22.6 Å². The monoisotopic (exact) mass is 633 g/mol. The summed E-state index contributed by atoms with van der Waals surface area (Å²) in [5, 5.41) is 5.29. The zero-order valence-electron chi connectivity index (χ0n) is 24.0. The van der Waals surface area contributed by atoms with E-state index in [-0.39, 0.29) is 37.2 Å². The Kier molecular flexibility index (Phi) is 9.10. The number of hydrazine groups is 1. The van der Waals surface area contributed by atoms with Gasteiger partial charge < -0.3 is 23.4 Å². The van der Waals surface area contributed by atoms with Gasteiger partial charge in [-0.2, -0.15) is 13.2 Å². The molecule has 0 bridgehead atoms. The van der Waals surface area contributed by atoms with Gasteiger partial charge in [0.1, 0.15) is 24.8 Å². The zero-order valence-corrected chi connectivity index (χ0v) is 24.9. The summed E-state index contributed by atoms with van der Waals surface area (Å²) in [6.07, 6.45) is 0.707. The van der Waals surface area contributed by atoms with Crippen LogP contribution in [0.5, 0.6) is 0 Å². The van der Waals surface area contributed by atoms with E-state index in [4.69, 9.17) is 18.4 Å². The van der Waals surface area contributed by atoms with Crippen LogP contribution in [0.4, 0.5) is 19.0 Å². The van der Waals surface area contributed by atoms with Crippen LogP contribution in [0.15, 0.2) is 81.0 Å². The molecular formula is C29H30F3N5O6S. The average Bonchev–Trinajstić information content (AvgIpc) is 3.76. The Labute approximate surface area is 251 Å². The quantitative estimate of drug-likeness (QED) is 0.165. The fraction of sp³-hybridized carbons (Fsp3) is 0.310. The van der Waals surface area contributed by atoms with Gasteiger partial charge in [0.15, 0.2) is 5.82 Å². The molecule has 1 aliphatic heterocycles. The first-order chi connectivity index (χ1) is 21.0. The van der Waals surface area contributed by atoms with Crippen LogP contribution >= 0.6 is 0 Å². The third-order valence-electron chi connectivity index (χ3n) is 7.00. The molecule has 1 aliphatic rings. The molecule has 0 fully saturated rings. The minimum atomic E-state index is -4.49. The van der Waals surface area contributed by atoms with E-state index in [1.165, 1.54) is 36.8 Å². The summed E-state index contributed by atoms with van der Waals surface area (Å²) in [5.41, 5.74) is 4.80. The smallest absolute Gasteiger partial charge is 0.409 e. The Hall–Kier alpha value is -4.18. The first-order valence-corrected chi connectivity index (χ1v) is 14.9. The molecule has 3 heterocycles. The Morgan fingerprint density at radius 3 is 2.57 bits per heavy atom. The van der Waals surface area contributed by atoms with Crippen molar-refractivity contribution in [1.82, 2.24) is 20.6 Å². The number of methoxy groups -OCH3 is 1. The van der Waals surface area contributed by atoms with Crippen molar-refractivity contribution in [2.45, 2.75) is 37.5 Å². The highest BCUT2D eigenvalue weighted by Crippen LogP contribution is 2.37. The lowest BCUT2D eigenvalue weighted by Gasteiger charge is -2.25. The number of hydrogen-bond donors (Lipinski definition) is 1. The van der Waals surface area contributed by atoms with Gasteiger partial charge >= 0.3 is 6.18 Å². The maximum atomic E-state index is 14.4. The van der Waals surface area contributed by atoms with Crippen LogP contribution in [0.1, 0.15) is 16.9 Å². The van der Waals surface area contributed by atoms with E-state index >= 15 is 0 Å². The fourth-order valence-corrected chi connectivity index (χ4v) is 6.17. The third kappa shape index (κ3) is 6.50. The molecule has 0 saturated carbocycles. The van der Waals surface area contributed by atoms with Crippen molar-refractivity contribution in [3.05, 3.63) is 84.1 Å². The molecule has 2 aromatic heterocycles. The molecule has 2 aromatic carbocycles. The number of nitrogens with zero attached hydrogens (tertiary/aromatic N) is 4. The third-order valence-corrected chi connectivity index (χ3v) is 8.77. The van der Waals surface area contributed by atoms with Gasteiger partial charge in [0.25, 0.3) is 10.0 Å². The van der Waals surface area contributed by atoms with Crippen LogP contribution in [0, 0.1) is 13.8 Å². The van der Waals surface area contributed by atoms with Gasteiger partial charge in [-0.05, 0) is 49.2 Å². The summed E-state index contributed by atoms with van der Waals surface area (Å²) >= 11 is 0. The first-order valence-electron chi connectivity index (χ1n) is 13.4. The van der Waals surface area contributed by atoms with E-state index in [1.54, 1.807) is 50.2 Å². The standard InChI is InChI=1S/C29H30F3N5O6S/c1-19-20(2)43-35-27(19)37(18-41-15-14-40-3)44(38,39)25-7-5-4-6-24(25)23-9-8-21(28-33-11-13-42-28)16-22(23)17-36-12-10-26(34-36)29(30,31)32/h4-13,16,26,34H,14-15,17-18H2,1-3H3. The Morgan fingerprint density at radius 1 is 1.11 bits per heavy atom. The van der Waals surface area contributed by atoms with Crippen molar-refractivity contribution in [2.24, 2.45) is 0 Å². The predicted octanol–water partition coefficient (Wildman–Crippen LogP) is 5.19. The van der Waals surface area contributed by atoms with E-state index in [2.05, 4.69) is 15.6 Å². The molecule has 5 rings (SSSR count). The molecule has 1 N–H and O–H groups in total. The number of aromatic nitrogens is 2. The normalized spacial score (nSPS) is 15.3. The summed E-state index contributed by atoms with van der Waals surface area (Å²) in [6, 6.07) is 9.60. The zero-order chi connectivity index (χ0) is 31.5. The number of oxazole rings is 1. The summed E-state index contributed by atoms with van der Waals surface area (Å²) in [7, 11) is -2.83. The Bertz CT molecular complexity index is 1720. The molecule has 234 valence electrons. The van der Waals surface area contributed by atoms with E-state index < -0.39 is 22.2 Å². The summed E-state index contributed by atoms with van der Waals surface area (Å²) < 4.78 is 91.2. The number of ether oxygens (including phenoxy) is 2. The number of benzene rings is 2. The maximum absolute atomic E-state index is 14.4. The maximum Gasteiger partial charge on any atom is 0.409 e. The molecule has 1 atom stereocenters. The van der Waals surface area contributed by atoms with Crippen molar-refractivity contribution in [3.8, 4) is 22.6 Å². The number of sulfonamides is 1. The lowest BCUT2D eigenvalue weighted by atomic mass is 9.97. The number of nitrogens with one attached hydrogen (secondary N) is 1. The van der Waals surface area contributed by atoms with Crippen molar-refractivity contribution in [3.63, 3.8) is 0 Å². The molecule has 0 saturated heterocycles. The van der Waals surface area contributed by atoms with E-state index in [0.29, 0.717) is 39.5 Å². The van der Waals surface area contributed by atoms with Crippen LogP contribution in [-0.2, 0) is 26.0 Å². The second-order valence-corrected chi connectivity index (χ2v) is 11.7. The largest absolute Gasteiger partial charge is 0.445 e. The van der Waals surface area contributed by atoms with Gasteiger partial charge in [0.05, 0.1) is 30.9 Å². The Morgan fingerprint density at radius 2 is 1.91 bits per heavy atom. The van der Waals surface area contributed by atoms with Gasteiger partial charge in [-0.25, -0.2) is 23.1 Å². The van der Waals surface area contributed by atoms with Crippen molar-refractivity contribution >= 4 is 15.8 Å². The molecule has 0 amide bonds.